The van der Waals surface area contributed by atoms with Crippen LogP contribution in [-0.2, 0) is 13.0 Å². The predicted molar refractivity (Wildman–Crippen MR) is 115 cm³/mol. The van der Waals surface area contributed by atoms with Crippen molar-refractivity contribution < 1.29 is 19.8 Å². The molecule has 0 bridgehead atoms. The standard InChI is InChI=1S/C25H27NO4/c1-16-13-20(27)23-22(24(16)29)21(28)14-18(25(23)30)15-26-12-6-5-9-19(26)11-10-17-7-3-2-4-8-17/h2-4,7-8,13-14,19,28,30H,5-6,9-12,15H2,1H3. The van der Waals surface area contributed by atoms with Crippen LogP contribution in [0.25, 0.3) is 0 Å². The Morgan fingerprint density at radius 2 is 1.83 bits per heavy atom. The lowest BCUT2D eigenvalue weighted by atomic mass is 9.87. The maximum absolute atomic E-state index is 12.5. The van der Waals surface area contributed by atoms with E-state index >= 15 is 0 Å². The zero-order valence-corrected chi connectivity index (χ0v) is 17.2. The number of carbonyl (C=O) groups excluding carboxylic acids is 2. The van der Waals surface area contributed by atoms with Gasteiger partial charge < -0.3 is 10.2 Å². The fourth-order valence-corrected chi connectivity index (χ4v) is 4.63. The molecular weight excluding hydrogens is 378 g/mol. The number of fused-ring (bicyclic) bond motifs is 1. The van der Waals surface area contributed by atoms with Crippen LogP contribution < -0.4 is 0 Å². The predicted octanol–water partition coefficient (Wildman–Crippen LogP) is 4.41. The minimum atomic E-state index is -0.434. The lowest BCUT2D eigenvalue weighted by molar-refractivity contribution is 0.0978. The summed E-state index contributed by atoms with van der Waals surface area (Å²) in [7, 11) is 0. The van der Waals surface area contributed by atoms with Gasteiger partial charge in [-0.2, -0.15) is 0 Å². The maximum atomic E-state index is 12.5. The average molecular weight is 405 g/mol. The molecule has 2 aromatic carbocycles. The third-order valence-corrected chi connectivity index (χ3v) is 6.27. The second-order valence-electron chi connectivity index (χ2n) is 8.32. The number of hydrogen-bond acceptors (Lipinski definition) is 5. The monoisotopic (exact) mass is 405 g/mol. The average Bonchev–Trinajstić information content (AvgIpc) is 2.74. The Kier molecular flexibility index (Phi) is 5.73. The SMILES string of the molecule is CC1=CC(=O)c2c(O)c(CN3CCCCC3CCc3ccccc3)cc(O)c2C1=O. The molecule has 0 amide bonds. The van der Waals surface area contributed by atoms with Crippen LogP contribution >= 0.6 is 0 Å². The van der Waals surface area contributed by atoms with Gasteiger partial charge in [0.05, 0.1) is 11.1 Å². The molecule has 5 heteroatoms. The van der Waals surface area contributed by atoms with Gasteiger partial charge in [0, 0.05) is 23.7 Å². The summed E-state index contributed by atoms with van der Waals surface area (Å²) in [5.41, 5.74) is 1.92. The zero-order chi connectivity index (χ0) is 21.3. The summed E-state index contributed by atoms with van der Waals surface area (Å²) < 4.78 is 0. The third kappa shape index (κ3) is 3.90. The first-order chi connectivity index (χ1) is 14.5. The van der Waals surface area contributed by atoms with Gasteiger partial charge in [-0.05, 0) is 56.9 Å². The van der Waals surface area contributed by atoms with Gasteiger partial charge in [0.1, 0.15) is 11.5 Å². The van der Waals surface area contributed by atoms with Gasteiger partial charge in [0.15, 0.2) is 11.6 Å². The molecule has 1 aliphatic carbocycles. The lowest BCUT2D eigenvalue weighted by Gasteiger charge is -2.36. The first-order valence-corrected chi connectivity index (χ1v) is 10.6. The van der Waals surface area contributed by atoms with Crippen molar-refractivity contribution in [1.29, 1.82) is 0 Å². The van der Waals surface area contributed by atoms with Crippen molar-refractivity contribution in [2.45, 2.75) is 51.6 Å². The summed E-state index contributed by atoms with van der Waals surface area (Å²) in [4.78, 5) is 27.2. The molecule has 1 aliphatic heterocycles. The minimum absolute atomic E-state index is 0.0709. The molecular formula is C25H27NO4. The number of hydrogen-bond donors (Lipinski definition) is 2. The molecule has 0 radical (unpaired) electrons. The van der Waals surface area contributed by atoms with Crippen LogP contribution in [0.5, 0.6) is 11.5 Å². The Morgan fingerprint density at radius 3 is 2.60 bits per heavy atom. The van der Waals surface area contributed by atoms with Crippen LogP contribution in [0.4, 0.5) is 0 Å². The Hall–Kier alpha value is -2.92. The van der Waals surface area contributed by atoms with E-state index in [4.69, 9.17) is 0 Å². The van der Waals surface area contributed by atoms with E-state index in [2.05, 4.69) is 29.2 Å². The molecule has 0 spiro atoms. The Balaban J connectivity index is 1.57. The zero-order valence-electron chi connectivity index (χ0n) is 17.2. The highest BCUT2D eigenvalue weighted by molar-refractivity contribution is 6.26. The van der Waals surface area contributed by atoms with Gasteiger partial charge in [0.2, 0.25) is 0 Å². The number of rotatable bonds is 5. The number of benzene rings is 2. The summed E-state index contributed by atoms with van der Waals surface area (Å²) >= 11 is 0. The van der Waals surface area contributed by atoms with Crippen LogP contribution in [-0.4, -0.2) is 39.3 Å². The summed E-state index contributed by atoms with van der Waals surface area (Å²) in [5.74, 6) is -1.27. The fraction of sp³-hybridized carbons (Fsp3) is 0.360. The van der Waals surface area contributed by atoms with E-state index in [0.717, 1.165) is 32.2 Å². The van der Waals surface area contributed by atoms with Gasteiger partial charge in [0.25, 0.3) is 0 Å². The molecule has 1 fully saturated rings. The number of phenolic OH excluding ortho intramolecular Hbond substituents is 2. The molecule has 156 valence electrons. The van der Waals surface area contributed by atoms with Gasteiger partial charge >= 0.3 is 0 Å². The van der Waals surface area contributed by atoms with Crippen LogP contribution in [0.2, 0.25) is 0 Å². The number of allylic oxidation sites excluding steroid dienone is 2. The molecule has 0 saturated carbocycles. The molecule has 0 aromatic heterocycles. The van der Waals surface area contributed by atoms with Crippen LogP contribution in [0, 0.1) is 0 Å². The van der Waals surface area contributed by atoms with Gasteiger partial charge in [-0.3, -0.25) is 14.5 Å². The number of ketones is 2. The molecule has 2 aromatic rings. The van der Waals surface area contributed by atoms with Crippen molar-refractivity contribution >= 4 is 11.6 Å². The largest absolute Gasteiger partial charge is 0.507 e. The summed E-state index contributed by atoms with van der Waals surface area (Å²) in [6.07, 6.45) is 6.58. The van der Waals surface area contributed by atoms with Crippen molar-refractivity contribution in [3.8, 4) is 11.5 Å². The summed E-state index contributed by atoms with van der Waals surface area (Å²) in [6.45, 7) is 2.89. The molecule has 1 heterocycles. The second kappa shape index (κ2) is 8.44. The van der Waals surface area contributed by atoms with E-state index in [1.54, 1.807) is 6.92 Å². The van der Waals surface area contributed by atoms with E-state index in [-0.39, 0.29) is 28.2 Å². The molecule has 5 nitrogen and oxygen atoms in total. The number of likely N-dealkylation sites (tertiary alicyclic amines) is 1. The van der Waals surface area contributed by atoms with Crippen molar-refractivity contribution in [3.63, 3.8) is 0 Å². The van der Waals surface area contributed by atoms with Crippen molar-refractivity contribution in [3.05, 3.63) is 70.3 Å². The highest BCUT2D eigenvalue weighted by Gasteiger charge is 2.32. The number of phenols is 2. The first kappa shape index (κ1) is 20.4. The van der Waals surface area contributed by atoms with Gasteiger partial charge in [-0.15, -0.1) is 0 Å². The molecule has 2 N–H and O–H groups in total. The number of aromatic hydroxyl groups is 2. The normalized spacial score (nSPS) is 19.5. The number of aryl methyl sites for hydroxylation is 1. The number of nitrogens with zero attached hydrogens (tertiary/aromatic N) is 1. The van der Waals surface area contributed by atoms with Crippen LogP contribution in [0.1, 0.15) is 64.4 Å². The highest BCUT2D eigenvalue weighted by Crippen LogP contribution is 2.39. The summed E-state index contributed by atoms with van der Waals surface area (Å²) in [6, 6.07) is 12.2. The van der Waals surface area contributed by atoms with Crippen molar-refractivity contribution in [2.75, 3.05) is 6.54 Å². The minimum Gasteiger partial charge on any atom is -0.507 e. The first-order valence-electron chi connectivity index (χ1n) is 10.6. The smallest absolute Gasteiger partial charge is 0.193 e. The Labute approximate surface area is 176 Å². The van der Waals surface area contributed by atoms with Gasteiger partial charge in [-0.25, -0.2) is 0 Å². The Bertz CT molecular complexity index is 1010. The maximum Gasteiger partial charge on any atom is 0.193 e. The van der Waals surface area contributed by atoms with Gasteiger partial charge in [-0.1, -0.05) is 36.8 Å². The summed E-state index contributed by atoms with van der Waals surface area (Å²) in [5, 5.41) is 21.3. The second-order valence-corrected chi connectivity index (χ2v) is 8.32. The third-order valence-electron chi connectivity index (χ3n) is 6.27. The quantitative estimate of drug-likeness (QED) is 0.721. The molecule has 30 heavy (non-hydrogen) atoms. The van der Waals surface area contributed by atoms with E-state index in [9.17, 15) is 19.8 Å². The molecule has 1 saturated heterocycles. The van der Waals surface area contributed by atoms with E-state index < -0.39 is 11.6 Å². The van der Waals surface area contributed by atoms with Crippen LogP contribution in [0.3, 0.4) is 0 Å². The number of piperidine rings is 1. The lowest BCUT2D eigenvalue weighted by Crippen LogP contribution is -2.39. The highest BCUT2D eigenvalue weighted by atomic mass is 16.3. The molecule has 2 aliphatic rings. The molecule has 1 unspecified atom stereocenters. The van der Waals surface area contributed by atoms with E-state index in [1.807, 2.05) is 6.07 Å². The number of Topliss-reactive ketones (excluding diaryl/α,β-unsaturated/α-hetero) is 1. The Morgan fingerprint density at radius 1 is 1.07 bits per heavy atom. The topological polar surface area (TPSA) is 77.8 Å². The van der Waals surface area contributed by atoms with Crippen LogP contribution in [0.15, 0.2) is 48.0 Å². The number of carbonyl (C=O) groups is 2. The van der Waals surface area contributed by atoms with Crippen molar-refractivity contribution in [1.82, 2.24) is 4.90 Å². The van der Waals surface area contributed by atoms with E-state index in [1.165, 1.54) is 24.1 Å². The molecule has 1 atom stereocenters. The van der Waals surface area contributed by atoms with E-state index in [0.29, 0.717) is 18.2 Å². The molecule has 4 rings (SSSR count). The van der Waals surface area contributed by atoms with Crippen molar-refractivity contribution in [2.24, 2.45) is 0 Å². The fourth-order valence-electron chi connectivity index (χ4n) is 4.63.